The van der Waals surface area contributed by atoms with E-state index in [9.17, 15) is 4.79 Å². The molecule has 0 aromatic carbocycles. The molecule has 1 N–H and O–H groups in total. The van der Waals surface area contributed by atoms with Crippen LogP contribution in [0.1, 0.15) is 18.4 Å². The second-order valence-corrected chi connectivity index (χ2v) is 6.16. The molecule has 0 aliphatic carbocycles. The molecule has 0 bridgehead atoms. The lowest BCUT2D eigenvalue weighted by molar-refractivity contribution is -0.133. The number of carbonyl (C=O) groups is 1. The Hall–Kier alpha value is -1.01. The van der Waals surface area contributed by atoms with Gasteiger partial charge in [-0.15, -0.1) is 0 Å². The van der Waals surface area contributed by atoms with Gasteiger partial charge >= 0.3 is 0 Å². The van der Waals surface area contributed by atoms with E-state index in [0.717, 1.165) is 45.6 Å². The molecule has 0 atom stereocenters. The third kappa shape index (κ3) is 4.83. The molecule has 112 valence electrons. The highest BCUT2D eigenvalue weighted by atomic mass is 32.2. The van der Waals surface area contributed by atoms with Crippen LogP contribution in [0.4, 0.5) is 0 Å². The lowest BCUT2D eigenvalue weighted by Gasteiger charge is -2.34. The molecule has 1 fully saturated rings. The van der Waals surface area contributed by atoms with Crippen molar-refractivity contribution in [2.45, 2.75) is 19.3 Å². The van der Waals surface area contributed by atoms with Crippen molar-refractivity contribution < 1.29 is 4.79 Å². The molecule has 5 nitrogen and oxygen atoms in total. The van der Waals surface area contributed by atoms with Crippen molar-refractivity contribution in [3.05, 3.63) is 18.0 Å². The van der Waals surface area contributed by atoms with Crippen LogP contribution in [-0.4, -0.2) is 70.6 Å². The number of amides is 1. The first-order chi connectivity index (χ1) is 9.79. The molecule has 1 amide bonds. The van der Waals surface area contributed by atoms with Crippen LogP contribution < -0.4 is 0 Å². The maximum atomic E-state index is 12.1. The van der Waals surface area contributed by atoms with E-state index in [2.05, 4.69) is 21.4 Å². The van der Waals surface area contributed by atoms with Crippen LogP contribution in [0.3, 0.4) is 0 Å². The molecule has 1 aliphatic rings. The molecule has 2 rings (SSSR count). The van der Waals surface area contributed by atoms with Gasteiger partial charge in [-0.2, -0.15) is 16.9 Å². The zero-order valence-corrected chi connectivity index (χ0v) is 13.0. The number of piperazine rings is 1. The zero-order valence-electron chi connectivity index (χ0n) is 12.2. The maximum Gasteiger partial charge on any atom is 0.222 e. The fourth-order valence-corrected chi connectivity index (χ4v) is 2.90. The van der Waals surface area contributed by atoms with Gasteiger partial charge in [0.1, 0.15) is 0 Å². The number of rotatable bonds is 7. The van der Waals surface area contributed by atoms with Gasteiger partial charge in [0, 0.05) is 51.1 Å². The summed E-state index contributed by atoms with van der Waals surface area (Å²) in [5.74, 6) is 1.48. The molecule has 0 radical (unpaired) electrons. The Kier molecular flexibility index (Phi) is 6.39. The topological polar surface area (TPSA) is 52.2 Å². The summed E-state index contributed by atoms with van der Waals surface area (Å²) in [6.45, 7) is 4.96. The van der Waals surface area contributed by atoms with Crippen LogP contribution in [0.15, 0.2) is 12.4 Å². The number of H-pyrrole nitrogens is 1. The van der Waals surface area contributed by atoms with Crippen LogP contribution in [0.5, 0.6) is 0 Å². The Labute approximate surface area is 125 Å². The fourth-order valence-electron chi connectivity index (χ4n) is 2.46. The molecule has 0 saturated carbocycles. The number of hydrogen-bond acceptors (Lipinski definition) is 4. The van der Waals surface area contributed by atoms with Gasteiger partial charge in [0.25, 0.3) is 0 Å². The smallest absolute Gasteiger partial charge is 0.222 e. The lowest BCUT2D eigenvalue weighted by atomic mass is 10.1. The van der Waals surface area contributed by atoms with E-state index in [-0.39, 0.29) is 0 Å². The van der Waals surface area contributed by atoms with Gasteiger partial charge < -0.3 is 4.90 Å². The van der Waals surface area contributed by atoms with Crippen LogP contribution in [0.2, 0.25) is 0 Å². The number of aromatic nitrogens is 2. The largest absolute Gasteiger partial charge is 0.340 e. The van der Waals surface area contributed by atoms with Crippen LogP contribution in [-0.2, 0) is 11.2 Å². The molecule has 1 aliphatic heterocycles. The highest BCUT2D eigenvalue weighted by Gasteiger charge is 2.20. The average Bonchev–Trinajstić information content (AvgIpc) is 2.99. The SMILES string of the molecule is CSCCN1CCN(C(=O)CCCc2cn[nH]c2)CC1. The molecule has 2 heterocycles. The molecule has 0 unspecified atom stereocenters. The van der Waals surface area contributed by atoms with Crippen molar-refractivity contribution in [2.75, 3.05) is 44.7 Å². The quantitative estimate of drug-likeness (QED) is 0.822. The first-order valence-corrected chi connectivity index (χ1v) is 8.65. The molecular formula is C14H24N4OS. The van der Waals surface area contributed by atoms with E-state index in [1.807, 2.05) is 29.1 Å². The molecule has 6 heteroatoms. The minimum Gasteiger partial charge on any atom is -0.340 e. The standard InChI is InChI=1S/C14H24N4OS/c1-20-10-9-17-5-7-18(8-6-17)14(19)4-2-3-13-11-15-16-12-13/h11-12H,2-10H2,1H3,(H,15,16). The number of aromatic amines is 1. The molecule has 20 heavy (non-hydrogen) atoms. The minimum absolute atomic E-state index is 0.304. The monoisotopic (exact) mass is 296 g/mol. The summed E-state index contributed by atoms with van der Waals surface area (Å²) in [5, 5.41) is 6.72. The predicted molar refractivity (Wildman–Crippen MR) is 82.9 cm³/mol. The average molecular weight is 296 g/mol. The molecule has 0 spiro atoms. The summed E-state index contributed by atoms with van der Waals surface area (Å²) in [7, 11) is 0. The summed E-state index contributed by atoms with van der Waals surface area (Å²) in [5.41, 5.74) is 1.18. The van der Waals surface area contributed by atoms with E-state index in [1.54, 1.807) is 0 Å². The molecule has 1 saturated heterocycles. The van der Waals surface area contributed by atoms with Crippen molar-refractivity contribution in [1.82, 2.24) is 20.0 Å². The summed E-state index contributed by atoms with van der Waals surface area (Å²) >= 11 is 1.88. The van der Waals surface area contributed by atoms with Gasteiger partial charge in [0.15, 0.2) is 0 Å². The van der Waals surface area contributed by atoms with E-state index in [0.29, 0.717) is 12.3 Å². The number of carbonyl (C=O) groups excluding carboxylic acids is 1. The number of thioether (sulfide) groups is 1. The summed E-state index contributed by atoms with van der Waals surface area (Å²) < 4.78 is 0. The Balaban J connectivity index is 1.61. The lowest BCUT2D eigenvalue weighted by Crippen LogP contribution is -2.49. The third-order valence-electron chi connectivity index (χ3n) is 3.75. The predicted octanol–water partition coefficient (Wildman–Crippen LogP) is 1.24. The number of aryl methyl sites for hydroxylation is 1. The van der Waals surface area contributed by atoms with Gasteiger partial charge in [0.2, 0.25) is 5.91 Å². The third-order valence-corrected chi connectivity index (χ3v) is 4.34. The van der Waals surface area contributed by atoms with Gasteiger partial charge in [-0.05, 0) is 24.7 Å². The van der Waals surface area contributed by atoms with Crippen molar-refractivity contribution in [1.29, 1.82) is 0 Å². The van der Waals surface area contributed by atoms with E-state index in [4.69, 9.17) is 0 Å². The second-order valence-electron chi connectivity index (χ2n) is 5.18. The van der Waals surface area contributed by atoms with Crippen molar-refractivity contribution in [3.63, 3.8) is 0 Å². The minimum atomic E-state index is 0.304. The van der Waals surface area contributed by atoms with Crippen molar-refractivity contribution in [3.8, 4) is 0 Å². The number of nitrogens with zero attached hydrogens (tertiary/aromatic N) is 3. The van der Waals surface area contributed by atoms with Gasteiger partial charge in [-0.1, -0.05) is 0 Å². The summed E-state index contributed by atoms with van der Waals surface area (Å²) in [6, 6.07) is 0. The second kappa shape index (κ2) is 8.32. The summed E-state index contributed by atoms with van der Waals surface area (Å²) in [4.78, 5) is 16.6. The van der Waals surface area contributed by atoms with Crippen LogP contribution in [0, 0.1) is 0 Å². The van der Waals surface area contributed by atoms with Gasteiger partial charge in [-0.25, -0.2) is 0 Å². The van der Waals surface area contributed by atoms with Gasteiger partial charge in [-0.3, -0.25) is 14.8 Å². The fraction of sp³-hybridized carbons (Fsp3) is 0.714. The number of nitrogens with one attached hydrogen (secondary N) is 1. The first kappa shape index (κ1) is 15.4. The maximum absolute atomic E-state index is 12.1. The molecular weight excluding hydrogens is 272 g/mol. The van der Waals surface area contributed by atoms with E-state index < -0.39 is 0 Å². The van der Waals surface area contributed by atoms with E-state index >= 15 is 0 Å². The Morgan fingerprint density at radius 2 is 2.20 bits per heavy atom. The molecule has 1 aromatic heterocycles. The highest BCUT2D eigenvalue weighted by Crippen LogP contribution is 2.08. The number of hydrogen-bond donors (Lipinski definition) is 1. The van der Waals surface area contributed by atoms with Gasteiger partial charge in [0.05, 0.1) is 6.20 Å². The first-order valence-electron chi connectivity index (χ1n) is 7.26. The normalized spacial score (nSPS) is 16.6. The van der Waals surface area contributed by atoms with E-state index in [1.165, 1.54) is 11.3 Å². The van der Waals surface area contributed by atoms with Crippen molar-refractivity contribution in [2.24, 2.45) is 0 Å². The molecule has 1 aromatic rings. The summed E-state index contributed by atoms with van der Waals surface area (Å²) in [6.07, 6.45) is 8.35. The Morgan fingerprint density at radius 1 is 1.40 bits per heavy atom. The van der Waals surface area contributed by atoms with Crippen molar-refractivity contribution >= 4 is 17.7 Å². The Morgan fingerprint density at radius 3 is 2.85 bits per heavy atom. The highest BCUT2D eigenvalue weighted by molar-refractivity contribution is 7.98. The Bertz CT molecular complexity index is 388. The van der Waals surface area contributed by atoms with Crippen LogP contribution >= 0.6 is 11.8 Å². The van der Waals surface area contributed by atoms with Crippen LogP contribution in [0.25, 0.3) is 0 Å². The zero-order chi connectivity index (χ0) is 14.2.